The van der Waals surface area contributed by atoms with E-state index in [0.717, 1.165) is 45.6 Å². The summed E-state index contributed by atoms with van der Waals surface area (Å²) in [6.45, 7) is 9.49. The fourth-order valence-electron chi connectivity index (χ4n) is 3.91. The quantitative estimate of drug-likeness (QED) is 0.681. The van der Waals surface area contributed by atoms with Crippen LogP contribution in [0.4, 0.5) is 0 Å². The first-order valence-electron chi connectivity index (χ1n) is 10.5. The molecule has 0 saturated carbocycles. The fraction of sp³-hybridized carbons (Fsp3) is 0.636. The first-order chi connectivity index (χ1) is 13.5. The van der Waals surface area contributed by atoms with Gasteiger partial charge in [0.1, 0.15) is 0 Å². The largest absolute Gasteiger partial charge is 0.356 e. The van der Waals surface area contributed by atoms with E-state index in [1.54, 1.807) is 0 Å². The molecular weight excluding hydrogens is 352 g/mol. The molecule has 2 saturated heterocycles. The second-order valence-corrected chi connectivity index (χ2v) is 8.27. The smallest absolute Gasteiger partial charge is 0.225 e. The van der Waals surface area contributed by atoms with Crippen LogP contribution < -0.4 is 5.32 Å². The number of nitrogens with zero attached hydrogens (tertiary/aromatic N) is 3. The van der Waals surface area contributed by atoms with Gasteiger partial charge in [-0.15, -0.1) is 0 Å². The number of benzene rings is 1. The molecule has 0 aromatic heterocycles. The van der Waals surface area contributed by atoms with Crippen LogP contribution >= 0.6 is 0 Å². The van der Waals surface area contributed by atoms with Crippen molar-refractivity contribution in [3.05, 3.63) is 35.4 Å². The summed E-state index contributed by atoms with van der Waals surface area (Å²) in [5.41, 5.74) is 2.47. The van der Waals surface area contributed by atoms with Crippen molar-refractivity contribution in [1.82, 2.24) is 20.0 Å². The number of aryl methyl sites for hydroxylation is 1. The van der Waals surface area contributed by atoms with Gasteiger partial charge in [0.05, 0.1) is 5.92 Å². The van der Waals surface area contributed by atoms with Crippen LogP contribution in [-0.2, 0) is 16.0 Å². The van der Waals surface area contributed by atoms with Crippen molar-refractivity contribution >= 4 is 11.8 Å². The lowest BCUT2D eigenvalue weighted by atomic mass is 10.1. The molecule has 6 nitrogen and oxygen atoms in total. The van der Waals surface area contributed by atoms with E-state index in [1.807, 2.05) is 4.90 Å². The van der Waals surface area contributed by atoms with Gasteiger partial charge in [0.25, 0.3) is 0 Å². The van der Waals surface area contributed by atoms with Crippen molar-refractivity contribution in [2.45, 2.75) is 26.2 Å². The van der Waals surface area contributed by atoms with Gasteiger partial charge < -0.3 is 20.0 Å². The van der Waals surface area contributed by atoms with Gasteiger partial charge in [-0.3, -0.25) is 9.59 Å². The molecule has 1 N–H and O–H groups in total. The number of rotatable bonds is 8. The number of carbonyl (C=O) groups is 2. The molecule has 0 unspecified atom stereocenters. The molecule has 3 rings (SSSR count). The number of likely N-dealkylation sites (tertiary alicyclic amines) is 1. The van der Waals surface area contributed by atoms with Crippen LogP contribution in [0.2, 0.25) is 0 Å². The number of piperazine rings is 1. The molecule has 2 heterocycles. The highest BCUT2D eigenvalue weighted by Gasteiger charge is 2.33. The first-order valence-corrected chi connectivity index (χ1v) is 10.5. The number of likely N-dealkylation sites (N-methyl/N-ethyl adjacent to an activating group) is 1. The molecule has 2 aliphatic heterocycles. The predicted molar refractivity (Wildman–Crippen MR) is 111 cm³/mol. The lowest BCUT2D eigenvalue weighted by Crippen LogP contribution is -2.45. The average Bonchev–Trinajstić information content (AvgIpc) is 3.07. The molecule has 1 aromatic rings. The fourth-order valence-corrected chi connectivity index (χ4v) is 3.91. The lowest BCUT2D eigenvalue weighted by Gasteiger charge is -2.32. The Hall–Kier alpha value is -1.92. The van der Waals surface area contributed by atoms with Crippen molar-refractivity contribution < 1.29 is 9.59 Å². The second kappa shape index (κ2) is 10.0. The number of hydrogen-bond acceptors (Lipinski definition) is 4. The Labute approximate surface area is 168 Å². The van der Waals surface area contributed by atoms with E-state index in [4.69, 9.17) is 0 Å². The Morgan fingerprint density at radius 1 is 1.11 bits per heavy atom. The summed E-state index contributed by atoms with van der Waals surface area (Å²) in [6, 6.07) is 8.42. The van der Waals surface area contributed by atoms with Crippen LogP contribution in [0.15, 0.2) is 24.3 Å². The first kappa shape index (κ1) is 20.8. The zero-order valence-electron chi connectivity index (χ0n) is 17.3. The minimum atomic E-state index is -0.200. The van der Waals surface area contributed by atoms with Crippen molar-refractivity contribution in [3.63, 3.8) is 0 Å². The standard InChI is InChI=1S/C22H34N4O2/c1-18-4-6-19(7-5-18)8-11-26-17-20(16-21(26)27)22(28)23-9-3-10-25-14-12-24(2)13-15-25/h4-7,20H,3,8-17H2,1-2H3,(H,23,28)/t20-/m1/s1. The van der Waals surface area contributed by atoms with Crippen molar-refractivity contribution in [3.8, 4) is 0 Å². The Morgan fingerprint density at radius 2 is 1.82 bits per heavy atom. The molecular formula is C22H34N4O2. The summed E-state index contributed by atoms with van der Waals surface area (Å²) in [4.78, 5) is 31.3. The highest BCUT2D eigenvalue weighted by Crippen LogP contribution is 2.18. The van der Waals surface area contributed by atoms with Gasteiger partial charge in [-0.25, -0.2) is 0 Å². The maximum Gasteiger partial charge on any atom is 0.225 e. The van der Waals surface area contributed by atoms with Crippen LogP contribution in [0.25, 0.3) is 0 Å². The summed E-state index contributed by atoms with van der Waals surface area (Å²) in [6.07, 6.45) is 2.15. The zero-order valence-corrected chi connectivity index (χ0v) is 17.3. The van der Waals surface area contributed by atoms with E-state index < -0.39 is 0 Å². The van der Waals surface area contributed by atoms with E-state index in [-0.39, 0.29) is 17.7 Å². The molecule has 28 heavy (non-hydrogen) atoms. The maximum atomic E-state index is 12.4. The van der Waals surface area contributed by atoms with Crippen LogP contribution in [-0.4, -0.2) is 85.9 Å². The summed E-state index contributed by atoms with van der Waals surface area (Å²) < 4.78 is 0. The molecule has 2 amide bonds. The van der Waals surface area contributed by atoms with Gasteiger partial charge in [-0.1, -0.05) is 29.8 Å². The Kier molecular flexibility index (Phi) is 7.45. The molecule has 0 bridgehead atoms. The third-order valence-electron chi connectivity index (χ3n) is 5.92. The molecule has 1 atom stereocenters. The van der Waals surface area contributed by atoms with E-state index in [2.05, 4.69) is 53.4 Å². The van der Waals surface area contributed by atoms with E-state index in [9.17, 15) is 9.59 Å². The van der Waals surface area contributed by atoms with Gasteiger partial charge in [0.2, 0.25) is 11.8 Å². The number of carbonyl (C=O) groups excluding carboxylic acids is 2. The summed E-state index contributed by atoms with van der Waals surface area (Å²) in [5.74, 6) is -0.0663. The SMILES string of the molecule is Cc1ccc(CCN2C[C@H](C(=O)NCCCN3CCN(C)CC3)CC2=O)cc1. The molecule has 0 spiro atoms. The van der Waals surface area contributed by atoms with Crippen LogP contribution in [0.3, 0.4) is 0 Å². The molecule has 1 aromatic carbocycles. The third kappa shape index (κ3) is 6.04. The Balaban J connectivity index is 1.33. The van der Waals surface area contributed by atoms with Gasteiger partial charge in [0.15, 0.2) is 0 Å². The molecule has 2 aliphatic rings. The van der Waals surface area contributed by atoms with Crippen LogP contribution in [0, 0.1) is 12.8 Å². The van der Waals surface area contributed by atoms with E-state index in [0.29, 0.717) is 26.1 Å². The summed E-state index contributed by atoms with van der Waals surface area (Å²) >= 11 is 0. The second-order valence-electron chi connectivity index (χ2n) is 8.27. The molecule has 2 fully saturated rings. The van der Waals surface area contributed by atoms with Gasteiger partial charge >= 0.3 is 0 Å². The number of amides is 2. The summed E-state index contributed by atoms with van der Waals surface area (Å²) in [5, 5.41) is 3.04. The van der Waals surface area contributed by atoms with Crippen molar-refractivity contribution in [2.75, 3.05) is 59.4 Å². The van der Waals surface area contributed by atoms with E-state index in [1.165, 1.54) is 11.1 Å². The molecule has 6 heteroatoms. The zero-order chi connectivity index (χ0) is 19.9. The topological polar surface area (TPSA) is 55.9 Å². The minimum Gasteiger partial charge on any atom is -0.356 e. The highest BCUT2D eigenvalue weighted by atomic mass is 16.2. The average molecular weight is 387 g/mol. The Morgan fingerprint density at radius 3 is 2.54 bits per heavy atom. The van der Waals surface area contributed by atoms with Crippen molar-refractivity contribution in [1.29, 1.82) is 0 Å². The predicted octanol–water partition coefficient (Wildman–Crippen LogP) is 1.14. The monoisotopic (exact) mass is 386 g/mol. The Bertz CT molecular complexity index is 653. The number of hydrogen-bond donors (Lipinski definition) is 1. The summed E-state index contributed by atoms with van der Waals surface area (Å²) in [7, 11) is 2.16. The van der Waals surface area contributed by atoms with Crippen LogP contribution in [0.5, 0.6) is 0 Å². The third-order valence-corrected chi connectivity index (χ3v) is 5.92. The normalized spacial score (nSPS) is 21.3. The number of nitrogens with one attached hydrogen (secondary N) is 1. The van der Waals surface area contributed by atoms with Crippen LogP contribution in [0.1, 0.15) is 24.0 Å². The molecule has 0 aliphatic carbocycles. The minimum absolute atomic E-state index is 0.0320. The van der Waals surface area contributed by atoms with Gasteiger partial charge in [-0.05, 0) is 38.9 Å². The van der Waals surface area contributed by atoms with Gasteiger partial charge in [0, 0.05) is 52.2 Å². The van der Waals surface area contributed by atoms with Gasteiger partial charge in [-0.2, -0.15) is 0 Å². The lowest BCUT2D eigenvalue weighted by molar-refractivity contribution is -0.129. The maximum absolute atomic E-state index is 12.4. The van der Waals surface area contributed by atoms with Crippen molar-refractivity contribution in [2.24, 2.45) is 5.92 Å². The van der Waals surface area contributed by atoms with E-state index >= 15 is 0 Å². The highest BCUT2D eigenvalue weighted by molar-refractivity contribution is 5.89. The molecule has 0 radical (unpaired) electrons. The molecule has 154 valence electrons.